The van der Waals surface area contributed by atoms with Crippen LogP contribution in [-0.4, -0.2) is 52.5 Å². The van der Waals surface area contributed by atoms with Crippen molar-refractivity contribution in [3.8, 4) is 0 Å². The van der Waals surface area contributed by atoms with Crippen LogP contribution in [0.3, 0.4) is 0 Å². The summed E-state index contributed by atoms with van der Waals surface area (Å²) in [6.45, 7) is 4.99. The maximum Gasteiger partial charge on any atom is 0.238 e. The van der Waals surface area contributed by atoms with E-state index in [1.165, 1.54) is 18.6 Å². The number of halogens is 1. The third kappa shape index (κ3) is 6.85. The molecule has 0 radical (unpaired) electrons. The number of amides is 1. The molecule has 1 aliphatic heterocycles. The van der Waals surface area contributed by atoms with Gasteiger partial charge in [-0.05, 0) is 76.5 Å². The Labute approximate surface area is 162 Å². The molecule has 0 spiro atoms. The molecule has 148 valence electrons. The minimum Gasteiger partial charge on any atom is -0.325 e. The molecule has 4 N–H and O–H groups in total. The first-order valence-corrected chi connectivity index (χ1v) is 10.1. The van der Waals surface area contributed by atoms with E-state index in [0.717, 1.165) is 44.0 Å². The van der Waals surface area contributed by atoms with E-state index in [1.807, 2.05) is 14.0 Å². The molecule has 1 heterocycles. The van der Waals surface area contributed by atoms with Gasteiger partial charge in [-0.25, -0.2) is 13.6 Å². The van der Waals surface area contributed by atoms with Crippen LogP contribution >= 0.6 is 12.4 Å². The largest absolute Gasteiger partial charge is 0.325 e. The molecule has 0 aromatic heterocycles. The van der Waals surface area contributed by atoms with Gasteiger partial charge in [0, 0.05) is 5.69 Å². The molecule has 0 unspecified atom stereocenters. The van der Waals surface area contributed by atoms with E-state index < -0.39 is 10.0 Å². The van der Waals surface area contributed by atoms with Crippen molar-refractivity contribution in [2.24, 2.45) is 11.1 Å². The fourth-order valence-electron chi connectivity index (χ4n) is 3.09. The van der Waals surface area contributed by atoms with Crippen LogP contribution in [0.5, 0.6) is 0 Å². The number of hydrogen-bond donors (Lipinski definition) is 3. The highest BCUT2D eigenvalue weighted by Crippen LogP contribution is 2.21. The molecule has 0 bridgehead atoms. The number of primary sulfonamides is 1. The Bertz CT molecular complexity index is 704. The summed E-state index contributed by atoms with van der Waals surface area (Å²) in [5.74, 6) is 0.587. The van der Waals surface area contributed by atoms with Crippen molar-refractivity contribution < 1.29 is 13.2 Å². The lowest BCUT2D eigenvalue weighted by Gasteiger charge is -2.31. The molecule has 0 saturated carbocycles. The molecule has 7 nitrogen and oxygen atoms in total. The van der Waals surface area contributed by atoms with Crippen LogP contribution in [0.4, 0.5) is 5.69 Å². The van der Waals surface area contributed by atoms with Gasteiger partial charge in [0.05, 0.1) is 11.4 Å². The lowest BCUT2D eigenvalue weighted by atomic mass is 9.93. The summed E-state index contributed by atoms with van der Waals surface area (Å²) in [5.41, 5.74) is 1.28. The molecule has 0 atom stereocenters. The maximum atomic E-state index is 12.3. The van der Waals surface area contributed by atoms with Crippen molar-refractivity contribution in [2.45, 2.75) is 31.1 Å². The number of benzene rings is 1. The van der Waals surface area contributed by atoms with Gasteiger partial charge in [0.25, 0.3) is 0 Å². The third-order valence-corrected chi connectivity index (χ3v) is 5.60. The first kappa shape index (κ1) is 22.9. The topological polar surface area (TPSA) is 105 Å². The lowest BCUT2D eigenvalue weighted by molar-refractivity contribution is -0.117. The zero-order valence-electron chi connectivity index (χ0n) is 15.3. The van der Waals surface area contributed by atoms with Crippen LogP contribution in [-0.2, 0) is 14.8 Å². The van der Waals surface area contributed by atoms with Gasteiger partial charge in [0.15, 0.2) is 0 Å². The van der Waals surface area contributed by atoms with E-state index in [0.29, 0.717) is 12.2 Å². The summed E-state index contributed by atoms with van der Waals surface area (Å²) in [4.78, 5) is 14.4. The van der Waals surface area contributed by atoms with Crippen LogP contribution in [0, 0.1) is 12.8 Å². The first-order chi connectivity index (χ1) is 11.8. The SMILES string of the molecule is CNCCC1CCN(CC(=O)Nc2cc(S(N)(=O)=O)ccc2C)CC1.Cl. The molecule has 0 aliphatic carbocycles. The highest BCUT2D eigenvalue weighted by Gasteiger charge is 2.21. The molecule has 1 aromatic rings. The third-order valence-electron chi connectivity index (χ3n) is 4.69. The Kier molecular flexibility index (Phi) is 8.99. The zero-order valence-corrected chi connectivity index (χ0v) is 17.0. The highest BCUT2D eigenvalue weighted by molar-refractivity contribution is 7.89. The van der Waals surface area contributed by atoms with Crippen molar-refractivity contribution in [3.63, 3.8) is 0 Å². The minimum atomic E-state index is -3.79. The Balaban J connectivity index is 0.00000338. The number of carbonyl (C=O) groups is 1. The predicted molar refractivity (Wildman–Crippen MR) is 106 cm³/mol. The zero-order chi connectivity index (χ0) is 18.4. The number of piperidine rings is 1. The van der Waals surface area contributed by atoms with Gasteiger partial charge in [-0.15, -0.1) is 12.4 Å². The van der Waals surface area contributed by atoms with E-state index >= 15 is 0 Å². The number of hydrogen-bond acceptors (Lipinski definition) is 5. The smallest absolute Gasteiger partial charge is 0.238 e. The van der Waals surface area contributed by atoms with Crippen LogP contribution in [0.25, 0.3) is 0 Å². The van der Waals surface area contributed by atoms with E-state index in [2.05, 4.69) is 15.5 Å². The van der Waals surface area contributed by atoms with Crippen molar-refractivity contribution >= 4 is 34.0 Å². The van der Waals surface area contributed by atoms with E-state index in [1.54, 1.807) is 6.07 Å². The summed E-state index contributed by atoms with van der Waals surface area (Å²) in [6.07, 6.45) is 3.39. The molecule has 26 heavy (non-hydrogen) atoms. The normalized spacial score (nSPS) is 16.1. The van der Waals surface area contributed by atoms with E-state index in [-0.39, 0.29) is 23.2 Å². The van der Waals surface area contributed by atoms with E-state index in [9.17, 15) is 13.2 Å². The quantitative estimate of drug-likeness (QED) is 0.635. The summed E-state index contributed by atoms with van der Waals surface area (Å²) in [5, 5.41) is 11.1. The van der Waals surface area contributed by atoms with Crippen molar-refractivity contribution in [1.29, 1.82) is 0 Å². The molecule has 1 amide bonds. The number of anilines is 1. The Morgan fingerprint density at radius 1 is 1.31 bits per heavy atom. The van der Waals surface area contributed by atoms with Gasteiger partial charge in [0.1, 0.15) is 0 Å². The van der Waals surface area contributed by atoms with Crippen molar-refractivity contribution in [2.75, 3.05) is 38.5 Å². The molecule has 9 heteroatoms. The molecular weight excluding hydrogens is 376 g/mol. The van der Waals surface area contributed by atoms with Crippen LogP contribution in [0.2, 0.25) is 0 Å². The summed E-state index contributed by atoms with van der Waals surface area (Å²) < 4.78 is 22.9. The summed E-state index contributed by atoms with van der Waals surface area (Å²) in [7, 11) is -1.82. The summed E-state index contributed by atoms with van der Waals surface area (Å²) >= 11 is 0. The fraction of sp³-hybridized carbons (Fsp3) is 0.588. The molecule has 1 fully saturated rings. The van der Waals surface area contributed by atoms with Crippen molar-refractivity contribution in [1.82, 2.24) is 10.2 Å². The van der Waals surface area contributed by atoms with Crippen molar-refractivity contribution in [3.05, 3.63) is 23.8 Å². The van der Waals surface area contributed by atoms with Crippen LogP contribution in [0.15, 0.2) is 23.1 Å². The molecular formula is C17H29ClN4O3S. The number of carbonyl (C=O) groups excluding carboxylic acids is 1. The Morgan fingerprint density at radius 3 is 2.54 bits per heavy atom. The lowest BCUT2D eigenvalue weighted by Crippen LogP contribution is -2.39. The maximum absolute atomic E-state index is 12.3. The fourth-order valence-corrected chi connectivity index (χ4v) is 3.63. The second-order valence-electron chi connectivity index (χ2n) is 6.68. The molecule has 1 saturated heterocycles. The molecule has 1 aromatic carbocycles. The summed E-state index contributed by atoms with van der Waals surface area (Å²) in [6, 6.07) is 4.49. The van der Waals surface area contributed by atoms with Gasteiger partial charge < -0.3 is 10.6 Å². The molecule has 1 aliphatic rings. The standard InChI is InChI=1S/C17H28N4O3S.ClH/c1-13-3-4-15(25(18,23)24)11-16(13)20-17(22)12-21-9-6-14(7-10-21)5-8-19-2;/h3-4,11,14,19H,5-10,12H2,1-2H3,(H,20,22)(H2,18,23,24);1H. The van der Waals surface area contributed by atoms with Gasteiger partial charge in [0.2, 0.25) is 15.9 Å². The van der Waals surface area contributed by atoms with Gasteiger partial charge in [-0.2, -0.15) is 0 Å². The number of nitrogens with two attached hydrogens (primary N) is 1. The predicted octanol–water partition coefficient (Wildman–Crippen LogP) is 1.32. The Hall–Kier alpha value is -1.19. The molecule has 2 rings (SSSR count). The second-order valence-corrected chi connectivity index (χ2v) is 8.24. The monoisotopic (exact) mass is 404 g/mol. The van der Waals surface area contributed by atoms with E-state index in [4.69, 9.17) is 5.14 Å². The number of sulfonamides is 1. The number of nitrogens with one attached hydrogen (secondary N) is 2. The van der Waals surface area contributed by atoms with Crippen LogP contribution < -0.4 is 15.8 Å². The minimum absolute atomic E-state index is 0. The first-order valence-electron chi connectivity index (χ1n) is 8.60. The number of aryl methyl sites for hydroxylation is 1. The number of likely N-dealkylation sites (tertiary alicyclic amines) is 1. The average Bonchev–Trinajstić information content (AvgIpc) is 2.55. The van der Waals surface area contributed by atoms with Crippen LogP contribution in [0.1, 0.15) is 24.8 Å². The second kappa shape index (κ2) is 10.2. The van der Waals surface area contributed by atoms with Gasteiger partial charge in [-0.3, -0.25) is 9.69 Å². The highest BCUT2D eigenvalue weighted by atomic mass is 35.5. The van der Waals surface area contributed by atoms with Gasteiger partial charge >= 0.3 is 0 Å². The average molecular weight is 405 g/mol. The number of rotatable bonds is 7. The van der Waals surface area contributed by atoms with Gasteiger partial charge in [-0.1, -0.05) is 6.07 Å². The Morgan fingerprint density at radius 2 is 1.96 bits per heavy atom. The number of nitrogens with zero attached hydrogens (tertiary/aromatic N) is 1.